The largest absolute Gasteiger partial charge is 0.398 e. The van der Waals surface area contributed by atoms with E-state index in [1.54, 1.807) is 11.3 Å². The molecule has 1 amide bonds. The lowest BCUT2D eigenvalue weighted by Crippen LogP contribution is -2.30. The van der Waals surface area contributed by atoms with Crippen molar-refractivity contribution in [3.8, 4) is 0 Å². The number of carbonyl (C=O) groups is 1. The third-order valence-corrected chi connectivity index (χ3v) is 5.27. The zero-order chi connectivity index (χ0) is 14.8. The van der Waals surface area contributed by atoms with Gasteiger partial charge in [0.2, 0.25) is 0 Å². The lowest BCUT2D eigenvalue weighted by atomic mass is 10.1. The summed E-state index contributed by atoms with van der Waals surface area (Å²) in [5.41, 5.74) is 9.12. The van der Waals surface area contributed by atoms with Gasteiger partial charge in [-0.25, -0.2) is 0 Å². The number of thiophene rings is 1. The highest BCUT2D eigenvalue weighted by atomic mass is 32.1. The highest BCUT2D eigenvalue weighted by Gasteiger charge is 2.22. The van der Waals surface area contributed by atoms with Gasteiger partial charge in [-0.2, -0.15) is 0 Å². The van der Waals surface area contributed by atoms with Crippen LogP contribution < -0.4 is 5.73 Å². The number of benzene rings is 1. The summed E-state index contributed by atoms with van der Waals surface area (Å²) in [5, 5.41) is 0. The van der Waals surface area contributed by atoms with Crippen LogP contribution in [0.5, 0.6) is 0 Å². The van der Waals surface area contributed by atoms with Gasteiger partial charge in [-0.1, -0.05) is 18.2 Å². The van der Waals surface area contributed by atoms with Crippen LogP contribution >= 0.6 is 11.3 Å². The molecule has 0 saturated carbocycles. The fourth-order valence-corrected chi connectivity index (χ4v) is 4.02. The molecule has 0 spiro atoms. The number of para-hydroxylation sites is 1. The molecule has 0 fully saturated rings. The highest BCUT2D eigenvalue weighted by molar-refractivity contribution is 7.14. The van der Waals surface area contributed by atoms with Crippen molar-refractivity contribution in [2.75, 3.05) is 12.3 Å². The SMILES string of the molecule is CCN(Cc1ccccc1N)C(=O)c1cc2c(s1)CCC2. The fourth-order valence-electron chi connectivity index (χ4n) is 2.80. The van der Waals surface area contributed by atoms with Crippen LogP contribution in [0.2, 0.25) is 0 Å². The van der Waals surface area contributed by atoms with Gasteiger partial charge in [-0.3, -0.25) is 4.79 Å². The molecule has 0 unspecified atom stereocenters. The van der Waals surface area contributed by atoms with Crippen LogP contribution in [0.3, 0.4) is 0 Å². The minimum atomic E-state index is 0.125. The minimum absolute atomic E-state index is 0.125. The van der Waals surface area contributed by atoms with Crippen molar-refractivity contribution in [2.24, 2.45) is 0 Å². The van der Waals surface area contributed by atoms with Crippen molar-refractivity contribution in [1.82, 2.24) is 4.90 Å². The highest BCUT2D eigenvalue weighted by Crippen LogP contribution is 2.31. The van der Waals surface area contributed by atoms with Crippen LogP contribution in [0.4, 0.5) is 5.69 Å². The Morgan fingerprint density at radius 2 is 2.14 bits per heavy atom. The molecule has 2 N–H and O–H groups in total. The van der Waals surface area contributed by atoms with Gasteiger partial charge in [0.1, 0.15) is 0 Å². The number of aryl methyl sites for hydroxylation is 2. The van der Waals surface area contributed by atoms with Crippen LogP contribution in [0.25, 0.3) is 0 Å². The normalized spacial score (nSPS) is 13.2. The summed E-state index contributed by atoms with van der Waals surface area (Å²) < 4.78 is 0. The predicted molar refractivity (Wildman–Crippen MR) is 87.6 cm³/mol. The number of anilines is 1. The van der Waals surface area contributed by atoms with Gasteiger partial charge in [-0.15, -0.1) is 11.3 Å². The van der Waals surface area contributed by atoms with Crippen LogP contribution in [0, 0.1) is 0 Å². The van der Waals surface area contributed by atoms with Crippen molar-refractivity contribution in [2.45, 2.75) is 32.7 Å². The zero-order valence-corrected chi connectivity index (χ0v) is 13.1. The van der Waals surface area contributed by atoms with Crippen molar-refractivity contribution in [3.05, 3.63) is 51.2 Å². The van der Waals surface area contributed by atoms with Gasteiger partial charge in [0, 0.05) is 23.7 Å². The molecule has 0 aliphatic heterocycles. The maximum atomic E-state index is 12.7. The summed E-state index contributed by atoms with van der Waals surface area (Å²) in [6.07, 6.45) is 3.48. The standard InChI is InChI=1S/C17H20N2OS/c1-2-19(11-13-6-3-4-8-14(13)18)17(20)16-10-12-7-5-9-15(12)21-16/h3-4,6,8,10H,2,5,7,9,11,18H2,1H3. The van der Waals surface area contributed by atoms with E-state index in [0.717, 1.165) is 29.0 Å². The van der Waals surface area contributed by atoms with Gasteiger partial charge in [0.15, 0.2) is 0 Å². The number of fused-ring (bicyclic) bond motifs is 1. The Hall–Kier alpha value is -1.81. The van der Waals surface area contributed by atoms with E-state index in [4.69, 9.17) is 5.73 Å². The van der Waals surface area contributed by atoms with E-state index in [0.29, 0.717) is 13.1 Å². The number of carbonyl (C=O) groups excluding carboxylic acids is 1. The summed E-state index contributed by atoms with van der Waals surface area (Å²) in [7, 11) is 0. The monoisotopic (exact) mass is 300 g/mol. The van der Waals surface area contributed by atoms with E-state index in [1.165, 1.54) is 16.9 Å². The average molecular weight is 300 g/mol. The first-order valence-corrected chi connectivity index (χ1v) is 8.25. The van der Waals surface area contributed by atoms with Gasteiger partial charge >= 0.3 is 0 Å². The number of nitrogens with zero attached hydrogens (tertiary/aromatic N) is 1. The van der Waals surface area contributed by atoms with E-state index in [-0.39, 0.29) is 5.91 Å². The Kier molecular flexibility index (Phi) is 3.97. The number of hydrogen-bond donors (Lipinski definition) is 1. The summed E-state index contributed by atoms with van der Waals surface area (Å²) in [4.78, 5) is 16.8. The van der Waals surface area contributed by atoms with Crippen molar-refractivity contribution in [3.63, 3.8) is 0 Å². The minimum Gasteiger partial charge on any atom is -0.398 e. The summed E-state index contributed by atoms with van der Waals surface area (Å²) >= 11 is 1.67. The first-order chi connectivity index (χ1) is 10.2. The molecule has 1 aliphatic carbocycles. The Balaban J connectivity index is 1.79. The molecule has 3 rings (SSSR count). The average Bonchev–Trinajstić information content (AvgIpc) is 3.07. The maximum absolute atomic E-state index is 12.7. The van der Waals surface area contributed by atoms with Crippen molar-refractivity contribution in [1.29, 1.82) is 0 Å². The van der Waals surface area contributed by atoms with E-state index >= 15 is 0 Å². The summed E-state index contributed by atoms with van der Waals surface area (Å²) in [5.74, 6) is 0.125. The van der Waals surface area contributed by atoms with Gasteiger partial charge in [0.05, 0.1) is 4.88 Å². The third-order valence-electron chi connectivity index (χ3n) is 4.04. The lowest BCUT2D eigenvalue weighted by molar-refractivity contribution is 0.0758. The van der Waals surface area contributed by atoms with E-state index < -0.39 is 0 Å². The molecular weight excluding hydrogens is 280 g/mol. The lowest BCUT2D eigenvalue weighted by Gasteiger charge is -2.21. The van der Waals surface area contributed by atoms with Crippen LogP contribution in [-0.2, 0) is 19.4 Å². The van der Waals surface area contributed by atoms with Crippen LogP contribution in [0.15, 0.2) is 30.3 Å². The molecule has 0 saturated heterocycles. The summed E-state index contributed by atoms with van der Waals surface area (Å²) in [6.45, 7) is 3.28. The van der Waals surface area contributed by atoms with E-state index in [9.17, 15) is 4.79 Å². The number of nitrogens with two attached hydrogens (primary N) is 1. The molecule has 21 heavy (non-hydrogen) atoms. The zero-order valence-electron chi connectivity index (χ0n) is 12.3. The van der Waals surface area contributed by atoms with Gasteiger partial charge in [-0.05, 0) is 49.4 Å². The topological polar surface area (TPSA) is 46.3 Å². The second kappa shape index (κ2) is 5.90. The molecule has 0 bridgehead atoms. The molecule has 0 radical (unpaired) electrons. The summed E-state index contributed by atoms with van der Waals surface area (Å²) in [6, 6.07) is 9.84. The number of rotatable bonds is 4. The van der Waals surface area contributed by atoms with Crippen molar-refractivity contribution < 1.29 is 4.79 Å². The molecule has 1 aromatic heterocycles. The second-order valence-corrected chi connectivity index (χ2v) is 6.57. The fraction of sp³-hybridized carbons (Fsp3) is 0.353. The van der Waals surface area contributed by atoms with Crippen LogP contribution in [0.1, 0.15) is 39.0 Å². The molecule has 110 valence electrons. The number of hydrogen-bond acceptors (Lipinski definition) is 3. The van der Waals surface area contributed by atoms with Gasteiger partial charge < -0.3 is 10.6 Å². The maximum Gasteiger partial charge on any atom is 0.264 e. The molecule has 3 nitrogen and oxygen atoms in total. The Bertz CT molecular complexity index is 641. The first-order valence-electron chi connectivity index (χ1n) is 7.43. The predicted octanol–water partition coefficient (Wildman–Crippen LogP) is 3.48. The second-order valence-electron chi connectivity index (χ2n) is 5.43. The molecule has 1 aliphatic rings. The number of nitrogen functional groups attached to an aromatic ring is 1. The quantitative estimate of drug-likeness (QED) is 0.879. The molecule has 1 heterocycles. The third kappa shape index (κ3) is 2.81. The number of amides is 1. The van der Waals surface area contributed by atoms with Crippen LogP contribution in [-0.4, -0.2) is 17.4 Å². The van der Waals surface area contributed by atoms with Crippen molar-refractivity contribution >= 4 is 22.9 Å². The molecule has 4 heteroatoms. The Morgan fingerprint density at radius 3 is 2.86 bits per heavy atom. The van der Waals surface area contributed by atoms with E-state index in [1.807, 2.05) is 36.1 Å². The molecule has 2 aromatic rings. The molecule has 0 atom stereocenters. The van der Waals surface area contributed by atoms with E-state index in [2.05, 4.69) is 6.07 Å². The molecular formula is C17H20N2OS. The Labute approximate surface area is 129 Å². The van der Waals surface area contributed by atoms with Gasteiger partial charge in [0.25, 0.3) is 5.91 Å². The molecule has 1 aromatic carbocycles. The first kappa shape index (κ1) is 14.1. The Morgan fingerprint density at radius 1 is 1.33 bits per heavy atom. The smallest absolute Gasteiger partial charge is 0.264 e.